The molecule has 1 saturated heterocycles. The fourth-order valence-electron chi connectivity index (χ4n) is 4.01. The molecule has 0 radical (unpaired) electrons. The molecule has 176 valence electrons. The molecule has 0 aliphatic carbocycles. The molecule has 2 aliphatic rings. The summed E-state index contributed by atoms with van der Waals surface area (Å²) in [6.07, 6.45) is 0. The summed E-state index contributed by atoms with van der Waals surface area (Å²) in [5, 5.41) is 0. The fraction of sp³-hybridized carbons (Fsp3) is 0.250. The number of piperazine rings is 1. The Balaban J connectivity index is 1.16. The van der Waals surface area contributed by atoms with Crippen LogP contribution in [0.3, 0.4) is 0 Å². The summed E-state index contributed by atoms with van der Waals surface area (Å²) >= 11 is 1.32. The Morgan fingerprint density at radius 3 is 2.44 bits per heavy atom. The van der Waals surface area contributed by atoms with Gasteiger partial charge in [-0.1, -0.05) is 30.3 Å². The molecule has 10 heteroatoms. The minimum Gasteiger partial charge on any atom is -0.488 e. The van der Waals surface area contributed by atoms with Crippen LogP contribution in [0.5, 0.6) is 5.75 Å². The lowest BCUT2D eigenvalue weighted by Gasteiger charge is -2.33. The number of sulfonamides is 1. The number of carbonyl (C=O) groups excluding carboxylic acids is 2. The molecule has 3 aromatic rings. The Morgan fingerprint density at radius 1 is 0.971 bits per heavy atom. The summed E-state index contributed by atoms with van der Waals surface area (Å²) in [5.41, 5.74) is 1.85. The number of amides is 1. The van der Waals surface area contributed by atoms with E-state index in [1.807, 2.05) is 24.3 Å². The average Bonchev–Trinajstić information content (AvgIpc) is 3.33. The molecule has 0 spiro atoms. The van der Waals surface area contributed by atoms with Crippen LogP contribution in [0.25, 0.3) is 10.4 Å². The Kier molecular flexibility index (Phi) is 6.11. The van der Waals surface area contributed by atoms with Crippen LogP contribution in [0, 0.1) is 0 Å². The molecule has 5 rings (SSSR count). The van der Waals surface area contributed by atoms with Gasteiger partial charge in [0.15, 0.2) is 6.61 Å². The summed E-state index contributed by atoms with van der Waals surface area (Å²) in [7, 11) is -3.59. The van der Waals surface area contributed by atoms with E-state index in [1.165, 1.54) is 20.5 Å². The molecular weight excluding hydrogens is 476 g/mol. The van der Waals surface area contributed by atoms with E-state index >= 15 is 0 Å². The van der Waals surface area contributed by atoms with Gasteiger partial charge in [-0.25, -0.2) is 13.2 Å². The second-order valence-corrected chi connectivity index (χ2v) is 10.9. The topological polar surface area (TPSA) is 93.2 Å². The number of benzene rings is 2. The van der Waals surface area contributed by atoms with Gasteiger partial charge in [0.05, 0.1) is 4.90 Å². The van der Waals surface area contributed by atoms with Gasteiger partial charge in [-0.05, 0) is 30.3 Å². The van der Waals surface area contributed by atoms with Crippen LogP contribution in [0.4, 0.5) is 0 Å². The molecule has 1 aromatic heterocycles. The molecular formula is C24H22N2O6S2. The number of nitrogens with zero attached hydrogens (tertiary/aromatic N) is 2. The van der Waals surface area contributed by atoms with Crippen molar-refractivity contribution in [2.45, 2.75) is 11.5 Å². The van der Waals surface area contributed by atoms with Crippen molar-refractivity contribution in [2.75, 3.05) is 32.8 Å². The van der Waals surface area contributed by atoms with E-state index in [0.29, 0.717) is 11.5 Å². The van der Waals surface area contributed by atoms with Crippen molar-refractivity contribution in [3.05, 3.63) is 71.1 Å². The van der Waals surface area contributed by atoms with Crippen LogP contribution in [-0.2, 0) is 26.2 Å². The predicted molar refractivity (Wildman–Crippen MR) is 126 cm³/mol. The normalized spacial score (nSPS) is 15.7. The number of carbonyl (C=O) groups is 2. The second-order valence-electron chi connectivity index (χ2n) is 7.92. The third kappa shape index (κ3) is 4.31. The van der Waals surface area contributed by atoms with Crippen LogP contribution in [0.2, 0.25) is 0 Å². The number of thiophene rings is 1. The molecule has 0 saturated carbocycles. The Labute approximate surface area is 201 Å². The van der Waals surface area contributed by atoms with Crippen molar-refractivity contribution in [3.63, 3.8) is 0 Å². The molecule has 0 unspecified atom stereocenters. The summed E-state index contributed by atoms with van der Waals surface area (Å²) in [5.74, 6) is -0.129. The summed E-state index contributed by atoms with van der Waals surface area (Å²) in [6, 6.07) is 17.6. The average molecular weight is 499 g/mol. The first-order valence-electron chi connectivity index (χ1n) is 10.8. The lowest BCUT2D eigenvalue weighted by Crippen LogP contribution is -2.51. The first-order valence-corrected chi connectivity index (χ1v) is 13.0. The monoisotopic (exact) mass is 498 g/mol. The van der Waals surface area contributed by atoms with E-state index in [-0.39, 0.29) is 43.6 Å². The summed E-state index contributed by atoms with van der Waals surface area (Å²) < 4.78 is 37.9. The van der Waals surface area contributed by atoms with E-state index in [1.54, 1.807) is 36.4 Å². The second kappa shape index (κ2) is 9.21. The molecule has 1 amide bonds. The first kappa shape index (κ1) is 22.6. The zero-order chi connectivity index (χ0) is 23.7. The van der Waals surface area contributed by atoms with Gasteiger partial charge in [0.25, 0.3) is 5.91 Å². The van der Waals surface area contributed by atoms with E-state index < -0.39 is 16.0 Å². The van der Waals surface area contributed by atoms with Crippen LogP contribution >= 0.6 is 11.3 Å². The molecule has 2 aromatic carbocycles. The molecule has 0 bridgehead atoms. The first-order chi connectivity index (χ1) is 16.4. The van der Waals surface area contributed by atoms with Gasteiger partial charge >= 0.3 is 5.97 Å². The van der Waals surface area contributed by atoms with Gasteiger partial charge in [-0.2, -0.15) is 4.31 Å². The quantitative estimate of drug-likeness (QED) is 0.502. The maximum absolute atomic E-state index is 12.7. The molecule has 1 fully saturated rings. The number of esters is 1. The number of hydrogen-bond acceptors (Lipinski definition) is 7. The number of fused-ring (bicyclic) bond motifs is 3. The molecule has 34 heavy (non-hydrogen) atoms. The lowest BCUT2D eigenvalue weighted by atomic mass is 10.1. The maximum atomic E-state index is 12.7. The summed E-state index contributed by atoms with van der Waals surface area (Å²) in [6.45, 7) is 0.848. The highest BCUT2D eigenvalue weighted by molar-refractivity contribution is 7.89. The zero-order valence-electron chi connectivity index (χ0n) is 18.2. The van der Waals surface area contributed by atoms with Gasteiger partial charge in [0, 0.05) is 42.2 Å². The van der Waals surface area contributed by atoms with Crippen molar-refractivity contribution >= 4 is 33.2 Å². The highest BCUT2D eigenvalue weighted by Gasteiger charge is 2.30. The van der Waals surface area contributed by atoms with E-state index in [2.05, 4.69) is 0 Å². The zero-order valence-corrected chi connectivity index (χ0v) is 19.8. The van der Waals surface area contributed by atoms with Crippen molar-refractivity contribution < 1.29 is 27.5 Å². The minimum atomic E-state index is -3.59. The van der Waals surface area contributed by atoms with Crippen molar-refractivity contribution in [1.82, 2.24) is 9.21 Å². The third-order valence-corrected chi connectivity index (χ3v) is 8.93. The van der Waals surface area contributed by atoms with Gasteiger partial charge in [0.1, 0.15) is 17.2 Å². The van der Waals surface area contributed by atoms with E-state index in [0.717, 1.165) is 21.8 Å². The van der Waals surface area contributed by atoms with Crippen molar-refractivity contribution in [3.8, 4) is 16.2 Å². The third-order valence-electron chi connectivity index (χ3n) is 5.82. The standard InChI is InChI=1S/C24H22N2O6S2/c27-22(25-10-12-26(13-11-25)34(29,30)18-6-2-1-3-7-18)16-32-24(28)21-14-17-15-31-20-9-5-4-8-19(20)23(17)33-21/h1-9,14H,10-13,15-16H2. The molecule has 3 heterocycles. The minimum absolute atomic E-state index is 0.188. The van der Waals surface area contributed by atoms with Crippen molar-refractivity contribution in [2.24, 2.45) is 0 Å². The van der Waals surface area contributed by atoms with Crippen LogP contribution in [0.15, 0.2) is 65.6 Å². The van der Waals surface area contributed by atoms with Gasteiger partial charge in [-0.15, -0.1) is 11.3 Å². The number of ether oxygens (including phenoxy) is 2. The number of rotatable bonds is 5. The van der Waals surface area contributed by atoms with Gasteiger partial charge in [-0.3, -0.25) is 4.79 Å². The van der Waals surface area contributed by atoms with Gasteiger partial charge in [0.2, 0.25) is 10.0 Å². The Hall–Kier alpha value is -3.21. The SMILES string of the molecule is O=C(OCC(=O)N1CCN(S(=O)(=O)c2ccccc2)CC1)c1cc2c(s1)-c1ccccc1OC2. The molecule has 2 aliphatic heterocycles. The van der Waals surface area contributed by atoms with Crippen LogP contribution < -0.4 is 4.74 Å². The van der Waals surface area contributed by atoms with Gasteiger partial charge < -0.3 is 14.4 Å². The highest BCUT2D eigenvalue weighted by Crippen LogP contribution is 2.42. The number of para-hydroxylation sites is 1. The smallest absolute Gasteiger partial charge is 0.348 e. The fourth-order valence-corrected chi connectivity index (χ4v) is 6.54. The Bertz CT molecular complexity index is 1330. The summed E-state index contributed by atoms with van der Waals surface area (Å²) in [4.78, 5) is 28.3. The predicted octanol–water partition coefficient (Wildman–Crippen LogP) is 3.00. The van der Waals surface area contributed by atoms with Crippen LogP contribution in [0.1, 0.15) is 15.2 Å². The largest absolute Gasteiger partial charge is 0.488 e. The Morgan fingerprint density at radius 2 is 1.68 bits per heavy atom. The van der Waals surface area contributed by atoms with E-state index in [4.69, 9.17) is 9.47 Å². The molecule has 0 atom stereocenters. The van der Waals surface area contributed by atoms with Crippen LogP contribution in [-0.4, -0.2) is 62.3 Å². The maximum Gasteiger partial charge on any atom is 0.348 e. The highest BCUT2D eigenvalue weighted by atomic mass is 32.2. The van der Waals surface area contributed by atoms with Crippen molar-refractivity contribution in [1.29, 1.82) is 0 Å². The number of hydrogen-bond donors (Lipinski definition) is 0. The molecule has 8 nitrogen and oxygen atoms in total. The lowest BCUT2D eigenvalue weighted by molar-refractivity contribution is -0.135. The molecule has 0 N–H and O–H groups in total. The van der Waals surface area contributed by atoms with E-state index in [9.17, 15) is 18.0 Å².